The average Bonchev–Trinajstić information content (AvgIpc) is 2.39. The van der Waals surface area contributed by atoms with Gasteiger partial charge in [0, 0.05) is 19.9 Å². The molecule has 0 spiro atoms. The van der Waals surface area contributed by atoms with Gasteiger partial charge >= 0.3 is 0 Å². The lowest BCUT2D eigenvalue weighted by Crippen LogP contribution is -2.39. The van der Waals surface area contributed by atoms with E-state index in [9.17, 15) is 4.79 Å². The number of hydrogen-bond acceptors (Lipinski definition) is 5. The van der Waals surface area contributed by atoms with Gasteiger partial charge in [-0.1, -0.05) is 0 Å². The van der Waals surface area contributed by atoms with E-state index in [0.717, 1.165) is 0 Å². The molecule has 1 unspecified atom stereocenters. The Morgan fingerprint density at radius 2 is 2.44 bits per heavy atom. The van der Waals surface area contributed by atoms with E-state index in [1.165, 1.54) is 12.4 Å². The number of amides is 1. The minimum absolute atomic E-state index is 0.153. The highest BCUT2D eigenvalue weighted by Gasteiger charge is 2.13. The fourth-order valence-corrected chi connectivity index (χ4v) is 1.34. The number of hydrogen-bond donors (Lipinski definition) is 2. The molecule has 6 nitrogen and oxygen atoms in total. The van der Waals surface area contributed by atoms with Crippen molar-refractivity contribution in [2.75, 3.05) is 25.6 Å². The Bertz CT molecular complexity index is 442. The van der Waals surface area contributed by atoms with Gasteiger partial charge in [0.1, 0.15) is 12.1 Å². The van der Waals surface area contributed by atoms with Gasteiger partial charge in [0.25, 0.3) is 0 Å². The molecule has 0 aliphatic carbocycles. The number of carbonyl (C=O) groups is 1. The Morgan fingerprint density at radius 1 is 1.67 bits per heavy atom. The van der Waals surface area contributed by atoms with E-state index in [4.69, 9.17) is 10.00 Å². The number of anilines is 1. The molecule has 6 heteroatoms. The zero-order valence-corrected chi connectivity index (χ0v) is 10.4. The van der Waals surface area contributed by atoms with Crippen LogP contribution in [0.5, 0.6) is 0 Å². The third-order valence-corrected chi connectivity index (χ3v) is 2.31. The standard InChI is InChI=1S/C12H16N4O2/c1-9(12(17)15-5-6-18-2)16-11-8-14-4-3-10(11)7-13/h3-4,8-9,16H,5-6H2,1-2H3,(H,15,17). The van der Waals surface area contributed by atoms with E-state index in [1.54, 1.807) is 20.1 Å². The zero-order valence-electron chi connectivity index (χ0n) is 10.4. The molecule has 1 heterocycles. The lowest BCUT2D eigenvalue weighted by atomic mass is 10.2. The molecule has 96 valence electrons. The Kier molecular flexibility index (Phi) is 5.61. The van der Waals surface area contributed by atoms with E-state index in [0.29, 0.717) is 24.4 Å². The highest BCUT2D eigenvalue weighted by atomic mass is 16.5. The molecule has 0 bridgehead atoms. The number of rotatable bonds is 6. The second-order valence-corrected chi connectivity index (χ2v) is 3.68. The summed E-state index contributed by atoms with van der Waals surface area (Å²) in [4.78, 5) is 15.6. The van der Waals surface area contributed by atoms with Crippen LogP contribution in [-0.4, -0.2) is 37.2 Å². The fraction of sp³-hybridized carbons (Fsp3) is 0.417. The maximum Gasteiger partial charge on any atom is 0.242 e. The fourth-order valence-electron chi connectivity index (χ4n) is 1.34. The Hall–Kier alpha value is -2.13. The average molecular weight is 248 g/mol. The first-order valence-electron chi connectivity index (χ1n) is 5.56. The van der Waals surface area contributed by atoms with Gasteiger partial charge in [-0.3, -0.25) is 9.78 Å². The van der Waals surface area contributed by atoms with Gasteiger partial charge in [0.05, 0.1) is 24.1 Å². The maximum atomic E-state index is 11.7. The molecule has 1 amide bonds. The molecule has 0 fully saturated rings. The second-order valence-electron chi connectivity index (χ2n) is 3.68. The van der Waals surface area contributed by atoms with Crippen LogP contribution in [0.3, 0.4) is 0 Å². The van der Waals surface area contributed by atoms with Crippen LogP contribution in [0.25, 0.3) is 0 Å². The lowest BCUT2D eigenvalue weighted by molar-refractivity contribution is -0.121. The van der Waals surface area contributed by atoms with Crippen LogP contribution in [-0.2, 0) is 9.53 Å². The zero-order chi connectivity index (χ0) is 13.4. The van der Waals surface area contributed by atoms with Crippen LogP contribution in [0.2, 0.25) is 0 Å². The molecule has 0 radical (unpaired) electrons. The molecule has 0 saturated heterocycles. The first-order valence-corrected chi connectivity index (χ1v) is 5.56. The van der Waals surface area contributed by atoms with Gasteiger partial charge in [-0.15, -0.1) is 0 Å². The van der Waals surface area contributed by atoms with Crippen molar-refractivity contribution in [1.82, 2.24) is 10.3 Å². The van der Waals surface area contributed by atoms with E-state index < -0.39 is 6.04 Å². The predicted octanol–water partition coefficient (Wildman–Crippen LogP) is 0.516. The molecule has 1 aromatic heterocycles. The molecule has 1 atom stereocenters. The van der Waals surface area contributed by atoms with Crippen molar-refractivity contribution in [3.8, 4) is 6.07 Å². The van der Waals surface area contributed by atoms with Crippen LogP contribution >= 0.6 is 0 Å². The molecule has 0 aliphatic heterocycles. The topological polar surface area (TPSA) is 87.0 Å². The van der Waals surface area contributed by atoms with E-state index in [1.807, 2.05) is 6.07 Å². The first-order chi connectivity index (χ1) is 8.69. The summed E-state index contributed by atoms with van der Waals surface area (Å²) in [6.07, 6.45) is 3.06. The van der Waals surface area contributed by atoms with Crippen LogP contribution in [0.1, 0.15) is 12.5 Å². The van der Waals surface area contributed by atoms with Gasteiger partial charge in [0.15, 0.2) is 0 Å². The molecule has 1 aromatic rings. The molecular weight excluding hydrogens is 232 g/mol. The molecule has 0 aromatic carbocycles. The Morgan fingerprint density at radius 3 is 3.11 bits per heavy atom. The molecule has 0 aliphatic rings. The highest BCUT2D eigenvalue weighted by Crippen LogP contribution is 2.12. The summed E-state index contributed by atoms with van der Waals surface area (Å²) in [6.45, 7) is 2.64. The van der Waals surface area contributed by atoms with E-state index in [-0.39, 0.29) is 5.91 Å². The molecule has 18 heavy (non-hydrogen) atoms. The number of ether oxygens (including phenoxy) is 1. The normalized spacial score (nSPS) is 11.4. The summed E-state index contributed by atoms with van der Waals surface area (Å²) in [5.74, 6) is -0.153. The van der Waals surface area contributed by atoms with Crippen molar-refractivity contribution in [2.45, 2.75) is 13.0 Å². The third kappa shape index (κ3) is 4.03. The van der Waals surface area contributed by atoms with Gasteiger partial charge in [0.2, 0.25) is 5.91 Å². The molecule has 1 rings (SSSR count). The van der Waals surface area contributed by atoms with Gasteiger partial charge in [-0.05, 0) is 13.0 Å². The van der Waals surface area contributed by atoms with Crippen LogP contribution in [0.4, 0.5) is 5.69 Å². The number of nitrogens with zero attached hydrogens (tertiary/aromatic N) is 2. The number of methoxy groups -OCH3 is 1. The monoisotopic (exact) mass is 248 g/mol. The van der Waals surface area contributed by atoms with Crippen molar-refractivity contribution in [2.24, 2.45) is 0 Å². The molecule has 0 saturated carbocycles. The van der Waals surface area contributed by atoms with Crippen LogP contribution in [0.15, 0.2) is 18.5 Å². The minimum Gasteiger partial charge on any atom is -0.383 e. The van der Waals surface area contributed by atoms with Gasteiger partial charge in [-0.2, -0.15) is 5.26 Å². The number of carbonyl (C=O) groups excluding carboxylic acids is 1. The van der Waals surface area contributed by atoms with Crippen molar-refractivity contribution >= 4 is 11.6 Å². The SMILES string of the molecule is COCCNC(=O)C(C)Nc1cnccc1C#N. The van der Waals surface area contributed by atoms with Crippen molar-refractivity contribution in [3.05, 3.63) is 24.0 Å². The smallest absolute Gasteiger partial charge is 0.242 e. The number of nitrogens with one attached hydrogen (secondary N) is 2. The Labute approximate surface area is 106 Å². The summed E-state index contributed by atoms with van der Waals surface area (Å²) in [7, 11) is 1.57. The van der Waals surface area contributed by atoms with Crippen molar-refractivity contribution in [3.63, 3.8) is 0 Å². The van der Waals surface area contributed by atoms with Gasteiger partial charge < -0.3 is 15.4 Å². The lowest BCUT2D eigenvalue weighted by Gasteiger charge is -2.15. The Balaban J connectivity index is 2.56. The number of nitriles is 1. The predicted molar refractivity (Wildman–Crippen MR) is 66.9 cm³/mol. The van der Waals surface area contributed by atoms with Crippen molar-refractivity contribution in [1.29, 1.82) is 5.26 Å². The quantitative estimate of drug-likeness (QED) is 0.716. The van der Waals surface area contributed by atoms with Crippen LogP contribution < -0.4 is 10.6 Å². The maximum absolute atomic E-state index is 11.7. The van der Waals surface area contributed by atoms with Gasteiger partial charge in [-0.25, -0.2) is 0 Å². The van der Waals surface area contributed by atoms with E-state index >= 15 is 0 Å². The summed E-state index contributed by atoms with van der Waals surface area (Å²) in [5, 5.41) is 14.6. The number of aromatic nitrogens is 1. The summed E-state index contributed by atoms with van der Waals surface area (Å²) < 4.78 is 4.84. The largest absolute Gasteiger partial charge is 0.383 e. The van der Waals surface area contributed by atoms with Crippen LogP contribution in [0, 0.1) is 11.3 Å². The summed E-state index contributed by atoms with van der Waals surface area (Å²) >= 11 is 0. The number of pyridine rings is 1. The summed E-state index contributed by atoms with van der Waals surface area (Å²) in [6, 6.07) is 3.19. The third-order valence-electron chi connectivity index (χ3n) is 2.31. The molecule has 2 N–H and O–H groups in total. The van der Waals surface area contributed by atoms with Crippen molar-refractivity contribution < 1.29 is 9.53 Å². The minimum atomic E-state index is -0.446. The van der Waals surface area contributed by atoms with E-state index in [2.05, 4.69) is 15.6 Å². The summed E-state index contributed by atoms with van der Waals surface area (Å²) in [5.41, 5.74) is 1.01. The highest BCUT2D eigenvalue weighted by molar-refractivity contribution is 5.84. The molecular formula is C12H16N4O2. The second kappa shape index (κ2) is 7.25. The first kappa shape index (κ1) is 13.9.